The SMILES string of the molecule is COc1ccc(-c2csc(=Nc3ccccc3)n2Cc2ccco2)cc1OC. The van der Waals surface area contributed by atoms with Crippen LogP contribution in [0, 0.1) is 0 Å². The van der Waals surface area contributed by atoms with E-state index in [0.29, 0.717) is 18.0 Å². The van der Waals surface area contributed by atoms with Crippen molar-refractivity contribution in [2.24, 2.45) is 4.99 Å². The van der Waals surface area contributed by atoms with Crippen molar-refractivity contribution in [1.82, 2.24) is 4.57 Å². The van der Waals surface area contributed by atoms with Crippen molar-refractivity contribution >= 4 is 17.0 Å². The molecule has 0 saturated carbocycles. The van der Waals surface area contributed by atoms with Crippen molar-refractivity contribution < 1.29 is 13.9 Å². The van der Waals surface area contributed by atoms with Crippen LogP contribution in [0.3, 0.4) is 0 Å². The van der Waals surface area contributed by atoms with Crippen molar-refractivity contribution in [1.29, 1.82) is 0 Å². The zero-order chi connectivity index (χ0) is 19.3. The molecule has 2 aromatic heterocycles. The van der Waals surface area contributed by atoms with Crippen LogP contribution < -0.4 is 14.3 Å². The Bertz CT molecular complexity index is 1110. The monoisotopic (exact) mass is 392 g/mol. The average molecular weight is 392 g/mol. The molecule has 0 atom stereocenters. The number of rotatable bonds is 6. The van der Waals surface area contributed by atoms with Gasteiger partial charge in [0.05, 0.1) is 38.4 Å². The highest BCUT2D eigenvalue weighted by molar-refractivity contribution is 7.07. The van der Waals surface area contributed by atoms with Crippen LogP contribution in [0.15, 0.2) is 81.7 Å². The van der Waals surface area contributed by atoms with Crippen LogP contribution in [0.2, 0.25) is 0 Å². The van der Waals surface area contributed by atoms with Crippen LogP contribution in [0.4, 0.5) is 5.69 Å². The van der Waals surface area contributed by atoms with E-state index in [1.165, 1.54) is 0 Å². The van der Waals surface area contributed by atoms with Gasteiger partial charge >= 0.3 is 0 Å². The van der Waals surface area contributed by atoms with E-state index in [2.05, 4.69) is 9.95 Å². The summed E-state index contributed by atoms with van der Waals surface area (Å²) in [5, 5.41) is 2.10. The number of benzene rings is 2. The molecule has 0 bridgehead atoms. The molecule has 0 fully saturated rings. The summed E-state index contributed by atoms with van der Waals surface area (Å²) in [5.41, 5.74) is 2.98. The Morgan fingerprint density at radius 3 is 2.50 bits per heavy atom. The van der Waals surface area contributed by atoms with Gasteiger partial charge in [-0.1, -0.05) is 18.2 Å². The molecule has 2 heterocycles. The lowest BCUT2D eigenvalue weighted by atomic mass is 10.1. The van der Waals surface area contributed by atoms with E-state index in [1.807, 2.05) is 60.7 Å². The lowest BCUT2D eigenvalue weighted by Gasteiger charge is -2.11. The maximum absolute atomic E-state index is 5.58. The molecule has 0 amide bonds. The fraction of sp³-hybridized carbons (Fsp3) is 0.136. The van der Waals surface area contributed by atoms with Crippen molar-refractivity contribution in [2.75, 3.05) is 14.2 Å². The minimum atomic E-state index is 0.589. The summed E-state index contributed by atoms with van der Waals surface area (Å²) < 4.78 is 18.6. The summed E-state index contributed by atoms with van der Waals surface area (Å²) >= 11 is 1.59. The molecule has 0 aliphatic carbocycles. The van der Waals surface area contributed by atoms with E-state index in [1.54, 1.807) is 31.8 Å². The largest absolute Gasteiger partial charge is 0.493 e. The number of hydrogen-bond donors (Lipinski definition) is 0. The van der Waals surface area contributed by atoms with Gasteiger partial charge < -0.3 is 18.5 Å². The minimum Gasteiger partial charge on any atom is -0.493 e. The first-order valence-corrected chi connectivity index (χ1v) is 9.69. The standard InChI is InChI=1S/C22H20N2O3S/c1-25-20-11-10-16(13-21(20)26-2)19-15-28-22(23-17-7-4-3-5-8-17)24(19)14-18-9-6-12-27-18/h3-13,15H,14H2,1-2H3. The number of thiazole rings is 1. The van der Waals surface area contributed by atoms with Crippen molar-refractivity contribution in [3.8, 4) is 22.8 Å². The molecular formula is C22H20N2O3S. The number of furan rings is 1. The molecule has 0 N–H and O–H groups in total. The summed E-state index contributed by atoms with van der Waals surface area (Å²) in [6.07, 6.45) is 1.69. The first-order valence-electron chi connectivity index (χ1n) is 8.81. The number of ether oxygens (including phenoxy) is 2. The third-order valence-corrected chi connectivity index (χ3v) is 5.22. The molecular weight excluding hydrogens is 372 g/mol. The molecule has 0 aliphatic rings. The molecule has 0 aliphatic heterocycles. The van der Waals surface area contributed by atoms with Crippen LogP contribution in [0.5, 0.6) is 11.5 Å². The normalized spacial score (nSPS) is 11.6. The van der Waals surface area contributed by atoms with E-state index < -0.39 is 0 Å². The zero-order valence-electron chi connectivity index (χ0n) is 15.7. The van der Waals surface area contributed by atoms with Crippen LogP contribution >= 0.6 is 11.3 Å². The first-order chi connectivity index (χ1) is 13.8. The Hall–Kier alpha value is -3.25. The number of hydrogen-bond acceptors (Lipinski definition) is 5. The fourth-order valence-electron chi connectivity index (χ4n) is 2.97. The highest BCUT2D eigenvalue weighted by atomic mass is 32.1. The molecule has 2 aromatic carbocycles. The number of para-hydroxylation sites is 1. The smallest absolute Gasteiger partial charge is 0.190 e. The van der Waals surface area contributed by atoms with Gasteiger partial charge in [-0.05, 0) is 42.5 Å². The Kier molecular flexibility index (Phi) is 5.30. The summed E-state index contributed by atoms with van der Waals surface area (Å²) in [6, 6.07) is 19.7. The van der Waals surface area contributed by atoms with E-state index in [4.69, 9.17) is 18.9 Å². The van der Waals surface area contributed by atoms with Crippen LogP contribution in [-0.4, -0.2) is 18.8 Å². The average Bonchev–Trinajstić information content (AvgIpc) is 3.39. The van der Waals surface area contributed by atoms with Gasteiger partial charge in [0.25, 0.3) is 0 Å². The van der Waals surface area contributed by atoms with Crippen molar-refractivity contribution in [3.63, 3.8) is 0 Å². The second-order valence-electron chi connectivity index (χ2n) is 6.09. The Balaban J connectivity index is 1.85. The van der Waals surface area contributed by atoms with Gasteiger partial charge in [-0.25, -0.2) is 4.99 Å². The van der Waals surface area contributed by atoms with E-state index in [-0.39, 0.29) is 0 Å². The summed E-state index contributed by atoms with van der Waals surface area (Å²) in [6.45, 7) is 0.589. The van der Waals surface area contributed by atoms with E-state index >= 15 is 0 Å². The lowest BCUT2D eigenvalue weighted by Crippen LogP contribution is -2.16. The van der Waals surface area contributed by atoms with Gasteiger partial charge in [0.15, 0.2) is 16.3 Å². The predicted octanol–water partition coefficient (Wildman–Crippen LogP) is 5.11. The van der Waals surface area contributed by atoms with Crippen molar-refractivity contribution in [2.45, 2.75) is 6.54 Å². The molecule has 0 unspecified atom stereocenters. The summed E-state index contributed by atoms with van der Waals surface area (Å²) in [4.78, 5) is 5.72. The van der Waals surface area contributed by atoms with E-state index in [9.17, 15) is 0 Å². The van der Waals surface area contributed by atoms with E-state index in [0.717, 1.165) is 27.5 Å². The molecule has 4 rings (SSSR count). The number of aromatic nitrogens is 1. The Morgan fingerprint density at radius 1 is 0.964 bits per heavy atom. The van der Waals surface area contributed by atoms with Gasteiger partial charge in [0, 0.05) is 10.9 Å². The van der Waals surface area contributed by atoms with Gasteiger partial charge in [-0.15, -0.1) is 11.3 Å². The molecule has 0 spiro atoms. The van der Waals surface area contributed by atoms with Gasteiger partial charge in [0.1, 0.15) is 5.76 Å². The summed E-state index contributed by atoms with van der Waals surface area (Å²) in [5.74, 6) is 2.26. The Morgan fingerprint density at radius 2 is 1.79 bits per heavy atom. The second-order valence-corrected chi connectivity index (χ2v) is 6.92. The predicted molar refractivity (Wildman–Crippen MR) is 110 cm³/mol. The lowest BCUT2D eigenvalue weighted by molar-refractivity contribution is 0.355. The fourth-order valence-corrected chi connectivity index (χ4v) is 3.90. The maximum Gasteiger partial charge on any atom is 0.190 e. The zero-order valence-corrected chi connectivity index (χ0v) is 16.5. The Labute approximate surface area is 167 Å². The molecule has 28 heavy (non-hydrogen) atoms. The molecule has 6 heteroatoms. The van der Waals surface area contributed by atoms with Crippen LogP contribution in [0.25, 0.3) is 11.3 Å². The van der Waals surface area contributed by atoms with Crippen LogP contribution in [0.1, 0.15) is 5.76 Å². The van der Waals surface area contributed by atoms with Gasteiger partial charge in [-0.2, -0.15) is 0 Å². The van der Waals surface area contributed by atoms with Crippen LogP contribution in [-0.2, 0) is 6.54 Å². The highest BCUT2D eigenvalue weighted by Gasteiger charge is 2.13. The first kappa shape index (κ1) is 18.1. The quantitative estimate of drug-likeness (QED) is 0.458. The molecule has 0 saturated heterocycles. The molecule has 142 valence electrons. The molecule has 5 nitrogen and oxygen atoms in total. The third-order valence-electron chi connectivity index (χ3n) is 4.35. The highest BCUT2D eigenvalue weighted by Crippen LogP contribution is 2.32. The number of methoxy groups -OCH3 is 2. The number of nitrogens with zero attached hydrogens (tertiary/aromatic N) is 2. The summed E-state index contributed by atoms with van der Waals surface area (Å²) in [7, 11) is 3.28. The van der Waals surface area contributed by atoms with Gasteiger partial charge in [0.2, 0.25) is 0 Å². The van der Waals surface area contributed by atoms with Crippen molar-refractivity contribution in [3.05, 3.63) is 82.9 Å². The minimum absolute atomic E-state index is 0.589. The van der Waals surface area contributed by atoms with Gasteiger partial charge in [-0.3, -0.25) is 0 Å². The molecule has 0 radical (unpaired) electrons. The maximum atomic E-state index is 5.58. The third kappa shape index (κ3) is 3.73. The molecule has 4 aromatic rings. The second kappa shape index (κ2) is 8.19. The topological polar surface area (TPSA) is 48.9 Å².